The molecule has 0 aliphatic rings. The highest BCUT2D eigenvalue weighted by atomic mass is 16.7. The highest BCUT2D eigenvalue weighted by molar-refractivity contribution is 6.42. The van der Waals surface area contributed by atoms with Gasteiger partial charge in [0.1, 0.15) is 13.2 Å². The monoisotopic (exact) mass is 280 g/mol. The first kappa shape index (κ1) is 15.6. The van der Waals surface area contributed by atoms with Crippen molar-refractivity contribution in [2.24, 2.45) is 5.16 Å². The van der Waals surface area contributed by atoms with E-state index >= 15 is 0 Å². The molecule has 0 spiro atoms. The zero-order valence-corrected chi connectivity index (χ0v) is 11.4. The van der Waals surface area contributed by atoms with Gasteiger partial charge in [-0.25, -0.2) is 10.3 Å². The Kier molecular flexibility index (Phi) is 5.67. The van der Waals surface area contributed by atoms with Crippen LogP contribution in [-0.4, -0.2) is 29.8 Å². The first-order chi connectivity index (χ1) is 9.47. The molecule has 1 rings (SSSR count). The maximum atomic E-state index is 11.2. The van der Waals surface area contributed by atoms with Gasteiger partial charge in [0.15, 0.2) is 5.71 Å². The number of carboxylic acid groups (broad SMARTS) is 1. The number of nitrogens with one attached hydrogen (secondary N) is 1. The van der Waals surface area contributed by atoms with Crippen LogP contribution in [0.25, 0.3) is 0 Å². The smallest absolute Gasteiger partial charge is 0.358 e. The van der Waals surface area contributed by atoms with Crippen LogP contribution >= 0.6 is 0 Å². The lowest BCUT2D eigenvalue weighted by Gasteiger charge is -2.16. The third kappa shape index (κ3) is 4.06. The van der Waals surface area contributed by atoms with Crippen LogP contribution in [0.1, 0.15) is 31.1 Å². The maximum absolute atomic E-state index is 11.2. The summed E-state index contributed by atoms with van der Waals surface area (Å²) >= 11 is 0. The normalized spacial score (nSPS) is 12.7. The van der Waals surface area contributed by atoms with E-state index in [0.29, 0.717) is 11.1 Å². The van der Waals surface area contributed by atoms with Crippen molar-refractivity contribution in [3.8, 4) is 0 Å². The maximum Gasteiger partial charge on any atom is 0.358 e. The molecule has 20 heavy (non-hydrogen) atoms. The zero-order valence-electron chi connectivity index (χ0n) is 11.4. The van der Waals surface area contributed by atoms with Gasteiger partial charge in [-0.2, -0.15) is 0 Å². The SMILES string of the molecule is CO/N=C(/C(=O)O)c1ccccc1C(C)ONC(C)=O. The molecule has 0 aliphatic carbocycles. The number of benzene rings is 1. The number of aliphatic carboxylic acids is 1. The molecule has 1 amide bonds. The van der Waals surface area contributed by atoms with Crippen molar-refractivity contribution in [2.45, 2.75) is 20.0 Å². The summed E-state index contributed by atoms with van der Waals surface area (Å²) in [4.78, 5) is 31.7. The van der Waals surface area contributed by atoms with E-state index in [0.717, 1.165) is 0 Å². The number of carbonyl (C=O) groups is 2. The molecule has 1 unspecified atom stereocenters. The molecule has 7 heteroatoms. The fourth-order valence-corrected chi connectivity index (χ4v) is 1.60. The second-order valence-electron chi connectivity index (χ2n) is 3.93. The lowest BCUT2D eigenvalue weighted by molar-refractivity contribution is -0.135. The van der Waals surface area contributed by atoms with Crippen molar-refractivity contribution in [3.63, 3.8) is 0 Å². The Bertz CT molecular complexity index is 527. The highest BCUT2D eigenvalue weighted by Gasteiger charge is 2.20. The molecule has 7 nitrogen and oxygen atoms in total. The van der Waals surface area contributed by atoms with Crippen LogP contribution in [-0.2, 0) is 19.3 Å². The van der Waals surface area contributed by atoms with Crippen LogP contribution in [0.2, 0.25) is 0 Å². The molecule has 0 saturated carbocycles. The van der Waals surface area contributed by atoms with Gasteiger partial charge >= 0.3 is 5.97 Å². The first-order valence-corrected chi connectivity index (χ1v) is 5.83. The summed E-state index contributed by atoms with van der Waals surface area (Å²) in [6, 6.07) is 6.70. The van der Waals surface area contributed by atoms with E-state index in [2.05, 4.69) is 15.5 Å². The lowest BCUT2D eigenvalue weighted by atomic mass is 9.99. The van der Waals surface area contributed by atoms with Crippen molar-refractivity contribution < 1.29 is 24.4 Å². The summed E-state index contributed by atoms with van der Waals surface area (Å²) in [5.74, 6) is -1.57. The minimum Gasteiger partial charge on any atom is -0.476 e. The van der Waals surface area contributed by atoms with Crippen molar-refractivity contribution in [1.82, 2.24) is 5.48 Å². The number of carbonyl (C=O) groups excluding carboxylic acids is 1. The molecule has 0 aromatic heterocycles. The Labute approximate surface area is 116 Å². The summed E-state index contributed by atoms with van der Waals surface area (Å²) in [7, 11) is 1.27. The minimum absolute atomic E-state index is 0.235. The average Bonchev–Trinajstić information content (AvgIpc) is 2.41. The molecular weight excluding hydrogens is 264 g/mol. The van der Waals surface area contributed by atoms with Crippen LogP contribution in [0.15, 0.2) is 29.4 Å². The Morgan fingerprint density at radius 3 is 2.55 bits per heavy atom. The number of hydrogen-bond acceptors (Lipinski definition) is 5. The predicted octanol–water partition coefficient (Wildman–Crippen LogP) is 1.25. The summed E-state index contributed by atoms with van der Waals surface area (Å²) in [6.45, 7) is 2.99. The van der Waals surface area contributed by atoms with E-state index in [9.17, 15) is 9.59 Å². The van der Waals surface area contributed by atoms with Gasteiger partial charge in [-0.15, -0.1) is 0 Å². The van der Waals surface area contributed by atoms with E-state index in [1.807, 2.05) is 0 Å². The highest BCUT2D eigenvalue weighted by Crippen LogP contribution is 2.21. The third-order valence-electron chi connectivity index (χ3n) is 2.42. The number of hydroxylamine groups is 1. The number of amides is 1. The topological polar surface area (TPSA) is 97.2 Å². The quantitative estimate of drug-likeness (QED) is 0.603. The zero-order chi connectivity index (χ0) is 15.1. The van der Waals surface area contributed by atoms with E-state index < -0.39 is 12.1 Å². The van der Waals surface area contributed by atoms with Gasteiger partial charge in [-0.05, 0) is 12.5 Å². The van der Waals surface area contributed by atoms with Gasteiger partial charge in [0.25, 0.3) is 0 Å². The van der Waals surface area contributed by atoms with Gasteiger partial charge in [0.05, 0.1) is 0 Å². The van der Waals surface area contributed by atoms with Crippen molar-refractivity contribution in [1.29, 1.82) is 0 Å². The number of rotatable bonds is 6. The second kappa shape index (κ2) is 7.25. The van der Waals surface area contributed by atoms with Gasteiger partial charge in [-0.1, -0.05) is 29.4 Å². The van der Waals surface area contributed by atoms with E-state index in [1.54, 1.807) is 31.2 Å². The largest absolute Gasteiger partial charge is 0.476 e. The third-order valence-corrected chi connectivity index (χ3v) is 2.42. The van der Waals surface area contributed by atoms with Crippen LogP contribution in [0.4, 0.5) is 0 Å². The van der Waals surface area contributed by atoms with E-state index in [-0.39, 0.29) is 11.6 Å². The molecular formula is C13H16N2O5. The predicted molar refractivity (Wildman–Crippen MR) is 70.9 cm³/mol. The second-order valence-corrected chi connectivity index (χ2v) is 3.93. The Morgan fingerprint density at radius 2 is 2.00 bits per heavy atom. The van der Waals surface area contributed by atoms with E-state index in [1.165, 1.54) is 14.0 Å². The number of carboxylic acids is 1. The molecule has 0 radical (unpaired) electrons. The molecule has 1 aromatic rings. The summed E-state index contributed by atoms with van der Waals surface area (Å²) in [5.41, 5.74) is 2.91. The van der Waals surface area contributed by atoms with E-state index in [4.69, 9.17) is 9.94 Å². The molecule has 1 atom stereocenters. The minimum atomic E-state index is -1.22. The Balaban J connectivity index is 3.12. The van der Waals surface area contributed by atoms with Crippen molar-refractivity contribution in [3.05, 3.63) is 35.4 Å². The van der Waals surface area contributed by atoms with Crippen LogP contribution in [0, 0.1) is 0 Å². The fourth-order valence-electron chi connectivity index (χ4n) is 1.60. The Hall–Kier alpha value is -2.41. The fraction of sp³-hybridized carbons (Fsp3) is 0.308. The Morgan fingerprint density at radius 1 is 1.35 bits per heavy atom. The summed E-state index contributed by atoms with van der Waals surface area (Å²) in [5, 5.41) is 12.7. The molecule has 0 fully saturated rings. The number of oxime groups is 1. The van der Waals surface area contributed by atoms with Crippen LogP contribution < -0.4 is 5.48 Å². The summed E-state index contributed by atoms with van der Waals surface area (Å²) in [6.07, 6.45) is -0.545. The summed E-state index contributed by atoms with van der Waals surface area (Å²) < 4.78 is 0. The first-order valence-electron chi connectivity index (χ1n) is 5.83. The molecule has 108 valence electrons. The van der Waals surface area contributed by atoms with Crippen LogP contribution in [0.3, 0.4) is 0 Å². The van der Waals surface area contributed by atoms with Gasteiger partial charge < -0.3 is 9.94 Å². The number of nitrogens with zero attached hydrogens (tertiary/aromatic N) is 1. The molecule has 1 aromatic carbocycles. The van der Waals surface area contributed by atoms with Crippen LogP contribution in [0.5, 0.6) is 0 Å². The number of hydrogen-bond donors (Lipinski definition) is 2. The molecule has 0 bridgehead atoms. The molecule has 0 heterocycles. The molecule has 0 aliphatic heterocycles. The lowest BCUT2D eigenvalue weighted by Crippen LogP contribution is -2.24. The van der Waals surface area contributed by atoms with Gasteiger partial charge in [0, 0.05) is 12.5 Å². The standard InChI is InChI=1S/C13H16N2O5/c1-8(20-14-9(2)16)10-6-4-5-7-11(10)12(13(17)18)15-19-3/h4-8H,1-3H3,(H,14,16)(H,17,18)/b15-12+. The van der Waals surface area contributed by atoms with Crippen molar-refractivity contribution >= 4 is 17.6 Å². The van der Waals surface area contributed by atoms with Gasteiger partial charge in [0.2, 0.25) is 5.91 Å². The molecule has 2 N–H and O–H groups in total. The van der Waals surface area contributed by atoms with Crippen molar-refractivity contribution in [2.75, 3.05) is 7.11 Å². The molecule has 0 saturated heterocycles. The average molecular weight is 280 g/mol. The van der Waals surface area contributed by atoms with Gasteiger partial charge in [-0.3, -0.25) is 9.63 Å².